The van der Waals surface area contributed by atoms with E-state index in [-0.39, 0.29) is 11.7 Å². The molecule has 0 amide bonds. The zero-order valence-electron chi connectivity index (χ0n) is 7.99. The van der Waals surface area contributed by atoms with E-state index in [2.05, 4.69) is 0 Å². The minimum absolute atomic E-state index is 0.0668. The van der Waals surface area contributed by atoms with E-state index >= 15 is 0 Å². The summed E-state index contributed by atoms with van der Waals surface area (Å²) >= 11 is 1.54. The van der Waals surface area contributed by atoms with Crippen LogP contribution >= 0.6 is 11.3 Å². The Hall–Kier alpha value is -0.670. The van der Waals surface area contributed by atoms with Crippen LogP contribution in [-0.2, 0) is 4.79 Å². The number of thiophene rings is 1. The maximum atomic E-state index is 11.7. The number of ketones is 1. The lowest BCUT2D eigenvalue weighted by Gasteiger charge is -2.12. The summed E-state index contributed by atoms with van der Waals surface area (Å²) in [6.45, 7) is 3.93. The lowest BCUT2D eigenvalue weighted by molar-refractivity contribution is -0.123. The maximum absolute atomic E-state index is 11.7. The van der Waals surface area contributed by atoms with Gasteiger partial charge in [-0.15, -0.1) is 11.3 Å². The molecule has 13 heavy (non-hydrogen) atoms. The Kier molecular flexibility index (Phi) is 3.63. The molecule has 1 aromatic rings. The van der Waals surface area contributed by atoms with Crippen LogP contribution in [0.5, 0.6) is 0 Å². The summed E-state index contributed by atoms with van der Waals surface area (Å²) < 4.78 is 0. The third-order valence-electron chi connectivity index (χ3n) is 2.25. The summed E-state index contributed by atoms with van der Waals surface area (Å²) in [5, 5.41) is 1.94. The van der Waals surface area contributed by atoms with E-state index in [1.165, 1.54) is 0 Å². The first-order chi connectivity index (χ1) is 6.16. The monoisotopic (exact) mass is 197 g/mol. The van der Waals surface area contributed by atoms with Crippen LogP contribution in [0.2, 0.25) is 0 Å². The SMILES string of the molecule is CCC(C)C(=O)C(N)c1cccs1. The lowest BCUT2D eigenvalue weighted by atomic mass is 9.97. The van der Waals surface area contributed by atoms with Crippen LogP contribution in [-0.4, -0.2) is 5.78 Å². The molecule has 1 aromatic heterocycles. The second kappa shape index (κ2) is 4.53. The van der Waals surface area contributed by atoms with Crippen LogP contribution in [0.3, 0.4) is 0 Å². The molecule has 0 aliphatic carbocycles. The Morgan fingerprint density at radius 3 is 2.85 bits per heavy atom. The highest BCUT2D eigenvalue weighted by atomic mass is 32.1. The Labute approximate surface area is 82.8 Å². The molecule has 0 aliphatic rings. The second-order valence-electron chi connectivity index (χ2n) is 3.20. The van der Waals surface area contributed by atoms with E-state index in [1.807, 2.05) is 31.4 Å². The summed E-state index contributed by atoms with van der Waals surface area (Å²) in [6.07, 6.45) is 0.859. The van der Waals surface area contributed by atoms with E-state index in [0.717, 1.165) is 11.3 Å². The van der Waals surface area contributed by atoms with E-state index in [0.29, 0.717) is 0 Å². The van der Waals surface area contributed by atoms with Crippen molar-refractivity contribution in [2.75, 3.05) is 0 Å². The first-order valence-electron chi connectivity index (χ1n) is 4.49. The topological polar surface area (TPSA) is 43.1 Å². The van der Waals surface area contributed by atoms with Gasteiger partial charge < -0.3 is 5.73 Å². The van der Waals surface area contributed by atoms with Crippen LogP contribution in [0.15, 0.2) is 17.5 Å². The van der Waals surface area contributed by atoms with Gasteiger partial charge in [-0.25, -0.2) is 0 Å². The van der Waals surface area contributed by atoms with Gasteiger partial charge in [-0.2, -0.15) is 0 Å². The minimum atomic E-state index is -0.421. The molecule has 0 spiro atoms. The molecular formula is C10H15NOS. The molecule has 0 radical (unpaired) electrons. The molecule has 0 fully saturated rings. The van der Waals surface area contributed by atoms with Gasteiger partial charge in [0, 0.05) is 10.8 Å². The zero-order chi connectivity index (χ0) is 9.84. The molecule has 72 valence electrons. The van der Waals surface area contributed by atoms with Gasteiger partial charge in [0.2, 0.25) is 0 Å². The molecule has 0 aromatic carbocycles. The molecule has 0 aliphatic heterocycles. The average Bonchev–Trinajstić information content (AvgIpc) is 2.67. The Bertz CT molecular complexity index is 268. The molecule has 2 atom stereocenters. The van der Waals surface area contributed by atoms with E-state index in [9.17, 15) is 4.79 Å². The number of rotatable bonds is 4. The predicted molar refractivity (Wildman–Crippen MR) is 55.7 cm³/mol. The van der Waals surface area contributed by atoms with E-state index in [4.69, 9.17) is 5.73 Å². The van der Waals surface area contributed by atoms with Crippen LogP contribution in [0.25, 0.3) is 0 Å². The highest BCUT2D eigenvalue weighted by Crippen LogP contribution is 2.21. The van der Waals surface area contributed by atoms with Crippen molar-refractivity contribution < 1.29 is 4.79 Å². The van der Waals surface area contributed by atoms with Crippen LogP contribution in [0.4, 0.5) is 0 Å². The van der Waals surface area contributed by atoms with Gasteiger partial charge in [0.25, 0.3) is 0 Å². The first-order valence-corrected chi connectivity index (χ1v) is 5.37. The molecule has 1 heterocycles. The van der Waals surface area contributed by atoms with Crippen molar-refractivity contribution in [2.24, 2.45) is 11.7 Å². The standard InChI is InChI=1S/C10H15NOS/c1-3-7(2)10(12)9(11)8-5-4-6-13-8/h4-7,9H,3,11H2,1-2H3. The molecule has 2 unspecified atom stereocenters. The predicted octanol–water partition coefficient (Wildman–Crippen LogP) is 2.36. The number of carbonyl (C=O) groups is 1. The zero-order valence-corrected chi connectivity index (χ0v) is 8.80. The van der Waals surface area contributed by atoms with Crippen LogP contribution in [0, 0.1) is 5.92 Å². The summed E-state index contributed by atoms with van der Waals surface area (Å²) in [5.41, 5.74) is 5.82. The van der Waals surface area contributed by atoms with Gasteiger partial charge in [-0.05, 0) is 17.9 Å². The first kappa shape index (κ1) is 10.4. The molecule has 0 bridgehead atoms. The summed E-state index contributed by atoms with van der Waals surface area (Å²) in [7, 11) is 0. The van der Waals surface area contributed by atoms with Gasteiger partial charge in [0.15, 0.2) is 5.78 Å². The quantitative estimate of drug-likeness (QED) is 0.805. The van der Waals surface area contributed by atoms with Crippen LogP contribution < -0.4 is 5.73 Å². The minimum Gasteiger partial charge on any atom is -0.317 e. The number of Topliss-reactive ketones (excluding diaryl/α,β-unsaturated/α-hetero) is 1. The molecule has 3 heteroatoms. The van der Waals surface area contributed by atoms with Gasteiger partial charge in [0.1, 0.15) is 0 Å². The number of hydrogen-bond donors (Lipinski definition) is 1. The smallest absolute Gasteiger partial charge is 0.157 e. The van der Waals surface area contributed by atoms with Gasteiger partial charge >= 0.3 is 0 Å². The summed E-state index contributed by atoms with van der Waals surface area (Å²) in [4.78, 5) is 12.6. The maximum Gasteiger partial charge on any atom is 0.157 e. The highest BCUT2D eigenvalue weighted by molar-refractivity contribution is 7.10. The van der Waals surface area contributed by atoms with Crippen molar-refractivity contribution in [3.8, 4) is 0 Å². The van der Waals surface area contributed by atoms with Crippen molar-refractivity contribution in [1.82, 2.24) is 0 Å². The van der Waals surface area contributed by atoms with Crippen LogP contribution in [0.1, 0.15) is 31.2 Å². The van der Waals surface area contributed by atoms with Gasteiger partial charge in [0.05, 0.1) is 6.04 Å². The molecule has 1 rings (SSSR count). The van der Waals surface area contributed by atoms with E-state index in [1.54, 1.807) is 11.3 Å². The highest BCUT2D eigenvalue weighted by Gasteiger charge is 2.20. The number of nitrogens with two attached hydrogens (primary N) is 1. The molecule has 0 saturated carbocycles. The third kappa shape index (κ3) is 2.39. The molecule has 0 saturated heterocycles. The van der Waals surface area contributed by atoms with E-state index < -0.39 is 6.04 Å². The van der Waals surface area contributed by atoms with Crippen molar-refractivity contribution in [2.45, 2.75) is 26.3 Å². The Morgan fingerprint density at radius 2 is 2.38 bits per heavy atom. The number of carbonyl (C=O) groups excluding carboxylic acids is 1. The number of hydrogen-bond acceptors (Lipinski definition) is 3. The normalized spacial score (nSPS) is 15.3. The third-order valence-corrected chi connectivity index (χ3v) is 3.21. The fourth-order valence-electron chi connectivity index (χ4n) is 1.12. The van der Waals surface area contributed by atoms with Crippen molar-refractivity contribution in [1.29, 1.82) is 0 Å². The largest absolute Gasteiger partial charge is 0.317 e. The Balaban J connectivity index is 2.68. The fourth-order valence-corrected chi connectivity index (χ4v) is 1.85. The van der Waals surface area contributed by atoms with Crippen molar-refractivity contribution >= 4 is 17.1 Å². The second-order valence-corrected chi connectivity index (χ2v) is 4.18. The Morgan fingerprint density at radius 1 is 1.69 bits per heavy atom. The van der Waals surface area contributed by atoms with Gasteiger partial charge in [-0.1, -0.05) is 19.9 Å². The summed E-state index contributed by atoms with van der Waals surface area (Å²) in [6, 6.07) is 3.41. The lowest BCUT2D eigenvalue weighted by Crippen LogP contribution is -2.25. The van der Waals surface area contributed by atoms with Crippen molar-refractivity contribution in [3.63, 3.8) is 0 Å². The molecular weight excluding hydrogens is 182 g/mol. The fraction of sp³-hybridized carbons (Fsp3) is 0.500. The molecule has 2 N–H and O–H groups in total. The average molecular weight is 197 g/mol. The van der Waals surface area contributed by atoms with Gasteiger partial charge in [-0.3, -0.25) is 4.79 Å². The molecule has 2 nitrogen and oxygen atoms in total. The summed E-state index contributed by atoms with van der Waals surface area (Å²) in [5.74, 6) is 0.210. The van der Waals surface area contributed by atoms with Crippen molar-refractivity contribution in [3.05, 3.63) is 22.4 Å².